The molecule has 5 nitrogen and oxygen atoms in total. The molecule has 0 spiro atoms. The number of carbonyl (C=O) groups excluding carboxylic acids is 1. The number of rotatable bonds is 3. The lowest BCUT2D eigenvalue weighted by molar-refractivity contribution is -0.146. The Morgan fingerprint density at radius 1 is 1.12 bits per heavy atom. The highest BCUT2D eigenvalue weighted by atomic mass is 16.4. The van der Waals surface area contributed by atoms with Gasteiger partial charge in [0.25, 0.3) is 0 Å². The lowest BCUT2D eigenvalue weighted by Crippen LogP contribution is -2.49. The summed E-state index contributed by atoms with van der Waals surface area (Å²) in [5.41, 5.74) is 0. The molecule has 16 heavy (non-hydrogen) atoms. The van der Waals surface area contributed by atoms with Gasteiger partial charge in [0.05, 0.1) is 17.9 Å². The highest BCUT2D eigenvalue weighted by Crippen LogP contribution is 2.32. The van der Waals surface area contributed by atoms with E-state index in [9.17, 15) is 9.59 Å². The van der Waals surface area contributed by atoms with Crippen LogP contribution in [0.1, 0.15) is 32.1 Å². The predicted octanol–water partition coefficient (Wildman–Crippen LogP) is 0.127. The van der Waals surface area contributed by atoms with Crippen LogP contribution in [0, 0.1) is 11.8 Å². The molecule has 2 aliphatic rings. The molecule has 0 radical (unpaired) electrons. The SMILES string of the molecule is O=C(O)[C@H]1CCC[C@H]1C(=O)NC1CC(O)C1. The maximum absolute atomic E-state index is 11.8. The molecular formula is C11H17NO4. The summed E-state index contributed by atoms with van der Waals surface area (Å²) in [7, 11) is 0. The van der Waals surface area contributed by atoms with Gasteiger partial charge in [0.2, 0.25) is 5.91 Å². The number of carboxylic acids is 1. The molecule has 2 atom stereocenters. The Morgan fingerprint density at radius 2 is 1.75 bits per heavy atom. The first kappa shape index (κ1) is 11.4. The maximum atomic E-state index is 11.8. The first-order valence-corrected chi connectivity index (χ1v) is 5.79. The molecule has 0 aromatic heterocycles. The summed E-state index contributed by atoms with van der Waals surface area (Å²) in [6.07, 6.45) is 2.96. The van der Waals surface area contributed by atoms with Crippen LogP contribution in [0.25, 0.3) is 0 Å². The first-order valence-electron chi connectivity index (χ1n) is 5.79. The molecule has 0 aromatic rings. The van der Waals surface area contributed by atoms with E-state index in [4.69, 9.17) is 10.2 Å². The Morgan fingerprint density at radius 3 is 2.31 bits per heavy atom. The molecule has 0 saturated heterocycles. The Labute approximate surface area is 93.8 Å². The van der Waals surface area contributed by atoms with Gasteiger partial charge in [-0.05, 0) is 25.7 Å². The Balaban J connectivity index is 1.86. The van der Waals surface area contributed by atoms with E-state index in [2.05, 4.69) is 5.32 Å². The van der Waals surface area contributed by atoms with Gasteiger partial charge in [-0.25, -0.2) is 0 Å². The summed E-state index contributed by atoms with van der Waals surface area (Å²) in [4.78, 5) is 22.7. The van der Waals surface area contributed by atoms with Crippen molar-refractivity contribution in [2.24, 2.45) is 11.8 Å². The van der Waals surface area contributed by atoms with Crippen molar-refractivity contribution in [2.45, 2.75) is 44.2 Å². The third-order valence-corrected chi connectivity index (χ3v) is 3.63. The van der Waals surface area contributed by atoms with Crippen molar-refractivity contribution < 1.29 is 19.8 Å². The molecule has 0 unspecified atom stereocenters. The molecule has 0 heterocycles. The van der Waals surface area contributed by atoms with Crippen LogP contribution in [0.5, 0.6) is 0 Å². The standard InChI is InChI=1S/C11H17NO4/c13-7-4-6(5-7)12-10(14)8-2-1-3-9(8)11(15)16/h6-9,13H,1-5H2,(H,12,14)(H,15,16)/t6?,7?,8-,9+/m1/s1. The summed E-state index contributed by atoms with van der Waals surface area (Å²) in [5, 5.41) is 20.9. The lowest BCUT2D eigenvalue weighted by Gasteiger charge is -2.33. The van der Waals surface area contributed by atoms with Gasteiger partial charge in [0.1, 0.15) is 0 Å². The summed E-state index contributed by atoms with van der Waals surface area (Å²) in [6, 6.07) is 0.0394. The van der Waals surface area contributed by atoms with Gasteiger partial charge in [0, 0.05) is 6.04 Å². The van der Waals surface area contributed by atoms with Crippen LogP contribution in [0.3, 0.4) is 0 Å². The second kappa shape index (κ2) is 4.41. The number of hydrogen-bond donors (Lipinski definition) is 3. The zero-order chi connectivity index (χ0) is 11.7. The first-order chi connectivity index (χ1) is 7.58. The minimum absolute atomic E-state index is 0.0394. The minimum atomic E-state index is -0.869. The van der Waals surface area contributed by atoms with Gasteiger partial charge in [-0.2, -0.15) is 0 Å². The summed E-state index contributed by atoms with van der Waals surface area (Å²) in [5.74, 6) is -1.92. The number of aliphatic carboxylic acids is 1. The average molecular weight is 227 g/mol. The summed E-state index contributed by atoms with van der Waals surface area (Å²) >= 11 is 0. The van der Waals surface area contributed by atoms with Crippen LogP contribution in [-0.4, -0.2) is 34.2 Å². The van der Waals surface area contributed by atoms with Crippen LogP contribution < -0.4 is 5.32 Å². The number of amides is 1. The van der Waals surface area contributed by atoms with E-state index in [1.807, 2.05) is 0 Å². The van der Waals surface area contributed by atoms with Crippen LogP contribution in [-0.2, 0) is 9.59 Å². The molecule has 90 valence electrons. The topological polar surface area (TPSA) is 86.6 Å². The normalized spacial score (nSPS) is 37.8. The Bertz CT molecular complexity index is 298. The van der Waals surface area contributed by atoms with Crippen molar-refractivity contribution in [1.29, 1.82) is 0 Å². The third kappa shape index (κ3) is 2.19. The predicted molar refractivity (Wildman–Crippen MR) is 55.6 cm³/mol. The maximum Gasteiger partial charge on any atom is 0.307 e. The van der Waals surface area contributed by atoms with Gasteiger partial charge >= 0.3 is 5.97 Å². The number of nitrogens with one attached hydrogen (secondary N) is 1. The molecule has 5 heteroatoms. The fourth-order valence-corrected chi connectivity index (χ4v) is 2.58. The number of aliphatic hydroxyl groups excluding tert-OH is 1. The van der Waals surface area contributed by atoms with Crippen LogP contribution in [0.4, 0.5) is 0 Å². The molecule has 0 aliphatic heterocycles. The number of hydrogen-bond acceptors (Lipinski definition) is 3. The molecule has 3 N–H and O–H groups in total. The van der Waals surface area contributed by atoms with E-state index in [1.165, 1.54) is 0 Å². The van der Waals surface area contributed by atoms with Crippen molar-refractivity contribution in [1.82, 2.24) is 5.32 Å². The third-order valence-electron chi connectivity index (χ3n) is 3.63. The van der Waals surface area contributed by atoms with Gasteiger partial charge in [-0.3, -0.25) is 9.59 Å². The zero-order valence-corrected chi connectivity index (χ0v) is 9.06. The monoisotopic (exact) mass is 227 g/mol. The fourth-order valence-electron chi connectivity index (χ4n) is 2.58. The number of aliphatic hydroxyl groups is 1. The zero-order valence-electron chi connectivity index (χ0n) is 9.06. The molecule has 2 saturated carbocycles. The van der Waals surface area contributed by atoms with Gasteiger partial charge in [-0.1, -0.05) is 6.42 Å². The number of carboxylic acid groups (broad SMARTS) is 1. The molecule has 1 amide bonds. The van der Waals surface area contributed by atoms with E-state index in [1.54, 1.807) is 0 Å². The van der Waals surface area contributed by atoms with E-state index >= 15 is 0 Å². The van der Waals surface area contributed by atoms with Crippen LogP contribution in [0.15, 0.2) is 0 Å². The van der Waals surface area contributed by atoms with Crippen molar-refractivity contribution >= 4 is 11.9 Å². The second-order valence-electron chi connectivity index (χ2n) is 4.81. The molecular weight excluding hydrogens is 210 g/mol. The Kier molecular flexibility index (Phi) is 3.14. The van der Waals surface area contributed by atoms with E-state index in [-0.39, 0.29) is 24.0 Å². The molecule has 2 fully saturated rings. The van der Waals surface area contributed by atoms with E-state index < -0.39 is 11.9 Å². The smallest absolute Gasteiger partial charge is 0.307 e. The van der Waals surface area contributed by atoms with Crippen molar-refractivity contribution in [2.75, 3.05) is 0 Å². The van der Waals surface area contributed by atoms with Crippen LogP contribution in [0.2, 0.25) is 0 Å². The Hall–Kier alpha value is -1.10. The second-order valence-corrected chi connectivity index (χ2v) is 4.81. The minimum Gasteiger partial charge on any atom is -0.481 e. The molecule has 2 rings (SSSR count). The van der Waals surface area contributed by atoms with Crippen molar-refractivity contribution in [3.05, 3.63) is 0 Å². The largest absolute Gasteiger partial charge is 0.481 e. The highest BCUT2D eigenvalue weighted by Gasteiger charge is 2.39. The molecule has 0 bridgehead atoms. The lowest BCUT2D eigenvalue weighted by atomic mass is 9.88. The van der Waals surface area contributed by atoms with Crippen LogP contribution >= 0.6 is 0 Å². The highest BCUT2D eigenvalue weighted by molar-refractivity contribution is 5.85. The fraction of sp³-hybridized carbons (Fsp3) is 0.818. The summed E-state index contributed by atoms with van der Waals surface area (Å²) < 4.78 is 0. The molecule has 2 aliphatic carbocycles. The van der Waals surface area contributed by atoms with Crippen molar-refractivity contribution in [3.63, 3.8) is 0 Å². The van der Waals surface area contributed by atoms with Gasteiger partial charge < -0.3 is 15.5 Å². The van der Waals surface area contributed by atoms with E-state index in [0.717, 1.165) is 6.42 Å². The molecule has 0 aromatic carbocycles. The van der Waals surface area contributed by atoms with Gasteiger partial charge in [-0.15, -0.1) is 0 Å². The summed E-state index contributed by atoms with van der Waals surface area (Å²) in [6.45, 7) is 0. The quantitative estimate of drug-likeness (QED) is 0.639. The van der Waals surface area contributed by atoms with Crippen molar-refractivity contribution in [3.8, 4) is 0 Å². The van der Waals surface area contributed by atoms with E-state index in [0.29, 0.717) is 25.7 Å². The van der Waals surface area contributed by atoms with Gasteiger partial charge in [0.15, 0.2) is 0 Å². The number of carbonyl (C=O) groups is 2. The average Bonchev–Trinajstić information content (AvgIpc) is 2.63.